The number of ether oxygens (including phenoxy) is 1. The molecule has 5 rings (SSSR count). The summed E-state index contributed by atoms with van der Waals surface area (Å²) < 4.78 is 7.30. The average molecular weight is 395 g/mol. The van der Waals surface area contributed by atoms with E-state index < -0.39 is 0 Å². The van der Waals surface area contributed by atoms with Crippen LogP contribution >= 0.6 is 0 Å². The van der Waals surface area contributed by atoms with E-state index in [9.17, 15) is 4.79 Å². The number of likely N-dealkylation sites (tertiary alicyclic amines) is 1. The Kier molecular flexibility index (Phi) is 4.79. The van der Waals surface area contributed by atoms with E-state index in [1.807, 2.05) is 28.9 Å². The Hall–Kier alpha value is -2.74. The van der Waals surface area contributed by atoms with Gasteiger partial charge in [0.05, 0.1) is 37.3 Å². The van der Waals surface area contributed by atoms with Crippen molar-refractivity contribution in [3.63, 3.8) is 0 Å². The number of rotatable bonds is 5. The Morgan fingerprint density at radius 1 is 1.17 bits per heavy atom. The molecule has 0 spiro atoms. The number of H-pyrrole nitrogens is 1. The molecule has 0 amide bonds. The van der Waals surface area contributed by atoms with E-state index in [2.05, 4.69) is 20.5 Å². The third-order valence-corrected chi connectivity index (χ3v) is 6.49. The number of aromatic nitrogens is 5. The molecule has 2 N–H and O–H groups in total. The first-order chi connectivity index (χ1) is 14.2. The highest BCUT2D eigenvalue weighted by Gasteiger charge is 2.37. The van der Waals surface area contributed by atoms with Gasteiger partial charge in [-0.1, -0.05) is 12.8 Å². The van der Waals surface area contributed by atoms with Gasteiger partial charge in [-0.25, -0.2) is 4.68 Å². The lowest BCUT2D eigenvalue weighted by molar-refractivity contribution is -0.914. The van der Waals surface area contributed by atoms with E-state index in [1.54, 1.807) is 7.11 Å². The number of tetrazole rings is 1. The summed E-state index contributed by atoms with van der Waals surface area (Å²) in [4.78, 5) is 17.6. The third kappa shape index (κ3) is 3.31. The summed E-state index contributed by atoms with van der Waals surface area (Å²) >= 11 is 0. The van der Waals surface area contributed by atoms with E-state index >= 15 is 0 Å². The van der Waals surface area contributed by atoms with Gasteiger partial charge in [0.2, 0.25) is 5.82 Å². The molecule has 2 aromatic heterocycles. The molecule has 1 aromatic carbocycles. The number of methoxy groups -OCH3 is 1. The molecule has 1 atom stereocenters. The van der Waals surface area contributed by atoms with Crippen molar-refractivity contribution in [1.29, 1.82) is 0 Å². The van der Waals surface area contributed by atoms with Gasteiger partial charge in [0.25, 0.3) is 5.56 Å². The van der Waals surface area contributed by atoms with Gasteiger partial charge in [0.1, 0.15) is 5.75 Å². The third-order valence-electron chi connectivity index (χ3n) is 6.49. The van der Waals surface area contributed by atoms with Gasteiger partial charge < -0.3 is 14.6 Å². The summed E-state index contributed by atoms with van der Waals surface area (Å²) in [6.45, 7) is 2.06. The van der Waals surface area contributed by atoms with Crippen LogP contribution in [0.4, 0.5) is 0 Å². The second kappa shape index (κ2) is 7.59. The Morgan fingerprint density at radius 3 is 2.72 bits per heavy atom. The fourth-order valence-electron chi connectivity index (χ4n) is 5.00. The zero-order valence-electron chi connectivity index (χ0n) is 16.7. The maximum Gasteiger partial charge on any atom is 0.258 e. The highest BCUT2D eigenvalue weighted by Crippen LogP contribution is 2.31. The van der Waals surface area contributed by atoms with Crippen molar-refractivity contribution >= 4 is 10.9 Å². The summed E-state index contributed by atoms with van der Waals surface area (Å²) in [5.41, 5.74) is 1.45. The molecule has 0 unspecified atom stereocenters. The smallest absolute Gasteiger partial charge is 0.258 e. The first-order valence-corrected chi connectivity index (χ1v) is 10.6. The van der Waals surface area contributed by atoms with Crippen molar-refractivity contribution in [3.8, 4) is 5.75 Å². The van der Waals surface area contributed by atoms with Crippen LogP contribution in [0.1, 0.15) is 62.0 Å². The van der Waals surface area contributed by atoms with Gasteiger partial charge >= 0.3 is 0 Å². The molecule has 3 aromatic rings. The minimum Gasteiger partial charge on any atom is -0.497 e. The first-order valence-electron chi connectivity index (χ1n) is 10.6. The topological polar surface area (TPSA) is 90.1 Å². The second-order valence-electron chi connectivity index (χ2n) is 8.23. The number of nitrogens with one attached hydrogen (secondary N) is 2. The molecule has 3 heterocycles. The molecular formula is C21H27N6O2+. The van der Waals surface area contributed by atoms with Crippen molar-refractivity contribution in [2.24, 2.45) is 0 Å². The summed E-state index contributed by atoms with van der Waals surface area (Å²) in [5, 5.41) is 13.8. The van der Waals surface area contributed by atoms with Crippen LogP contribution in [0.25, 0.3) is 10.9 Å². The van der Waals surface area contributed by atoms with E-state index in [4.69, 9.17) is 4.74 Å². The van der Waals surface area contributed by atoms with E-state index in [0.29, 0.717) is 6.04 Å². The predicted molar refractivity (Wildman–Crippen MR) is 108 cm³/mol. The summed E-state index contributed by atoms with van der Waals surface area (Å²) in [6, 6.07) is 7.98. The van der Waals surface area contributed by atoms with Gasteiger partial charge in [-0.3, -0.25) is 4.79 Å². The summed E-state index contributed by atoms with van der Waals surface area (Å²) in [6.07, 6.45) is 6.97. The molecule has 2 aliphatic rings. The number of benzene rings is 1. The van der Waals surface area contributed by atoms with Crippen molar-refractivity contribution in [2.45, 2.75) is 50.6 Å². The molecular weight excluding hydrogens is 368 g/mol. The van der Waals surface area contributed by atoms with Crippen LogP contribution in [0.15, 0.2) is 29.1 Å². The number of quaternary nitrogens is 1. The fraction of sp³-hybridized carbons (Fsp3) is 0.524. The molecule has 2 fully saturated rings. The zero-order chi connectivity index (χ0) is 19.8. The van der Waals surface area contributed by atoms with E-state index in [1.165, 1.54) is 30.6 Å². The largest absolute Gasteiger partial charge is 0.497 e. The van der Waals surface area contributed by atoms with Crippen LogP contribution in [0.3, 0.4) is 0 Å². The maximum absolute atomic E-state index is 13.2. The molecule has 1 aliphatic carbocycles. The molecule has 1 aliphatic heterocycles. The minimum absolute atomic E-state index is 0.0730. The number of hydrogen-bond acceptors (Lipinski definition) is 5. The highest BCUT2D eigenvalue weighted by atomic mass is 16.5. The molecule has 8 heteroatoms. The molecule has 8 nitrogen and oxygen atoms in total. The van der Waals surface area contributed by atoms with Crippen molar-refractivity contribution in [2.75, 3.05) is 20.2 Å². The van der Waals surface area contributed by atoms with Crippen LogP contribution in [0.5, 0.6) is 5.75 Å². The first kappa shape index (κ1) is 18.3. The molecule has 152 valence electrons. The Morgan fingerprint density at radius 2 is 1.97 bits per heavy atom. The fourth-order valence-corrected chi connectivity index (χ4v) is 5.00. The number of pyridine rings is 1. The average Bonchev–Trinajstić information content (AvgIpc) is 3.50. The number of aromatic amines is 1. The number of fused-ring (bicyclic) bond motifs is 1. The summed E-state index contributed by atoms with van der Waals surface area (Å²) in [7, 11) is 1.63. The molecule has 1 saturated carbocycles. The summed E-state index contributed by atoms with van der Waals surface area (Å²) in [5.74, 6) is 1.56. The molecule has 1 saturated heterocycles. The van der Waals surface area contributed by atoms with Crippen LogP contribution in [0.2, 0.25) is 0 Å². The molecule has 29 heavy (non-hydrogen) atoms. The highest BCUT2D eigenvalue weighted by molar-refractivity contribution is 5.80. The van der Waals surface area contributed by atoms with Gasteiger partial charge in [-0.05, 0) is 46.9 Å². The standard InChI is InChI=1S/C21H26N6O2/c1-29-16-9-8-14-12-17(21(28)22-18(14)13-16)19(26-10-4-5-11-26)20-23-24-25-27(20)15-6-2-3-7-15/h8-9,12-13,15,19H,2-7,10-11H2,1H3,(H,22,28)/p+1/t19-/m1/s1. The van der Waals surface area contributed by atoms with Gasteiger partial charge in [-0.2, -0.15) is 0 Å². The maximum atomic E-state index is 13.2. The normalized spacial score (nSPS) is 19.2. The van der Waals surface area contributed by atoms with Crippen LogP contribution in [-0.2, 0) is 0 Å². The minimum atomic E-state index is -0.150. The van der Waals surface area contributed by atoms with E-state index in [-0.39, 0.29) is 11.6 Å². The molecule has 0 bridgehead atoms. The van der Waals surface area contributed by atoms with Crippen LogP contribution in [0, 0.1) is 0 Å². The second-order valence-corrected chi connectivity index (χ2v) is 8.23. The Balaban J connectivity index is 1.64. The van der Waals surface area contributed by atoms with Gasteiger partial charge in [0.15, 0.2) is 6.04 Å². The number of hydrogen-bond donors (Lipinski definition) is 2. The lowest BCUT2D eigenvalue weighted by Crippen LogP contribution is -3.10. The lowest BCUT2D eigenvalue weighted by Gasteiger charge is -2.25. The van der Waals surface area contributed by atoms with E-state index in [0.717, 1.165) is 54.0 Å². The SMILES string of the molecule is COc1ccc2cc([C@H](c3nnnn3C3CCCC3)[NH+]3CCCC3)c(=O)[nH]c2c1. The number of nitrogens with zero attached hydrogens (tertiary/aromatic N) is 4. The van der Waals surface area contributed by atoms with Gasteiger partial charge in [-0.15, -0.1) is 5.10 Å². The Bertz CT molecular complexity index is 1060. The lowest BCUT2D eigenvalue weighted by atomic mass is 10.0. The predicted octanol–water partition coefficient (Wildman–Crippen LogP) is 1.41. The molecule has 0 radical (unpaired) electrons. The van der Waals surface area contributed by atoms with Crippen molar-refractivity contribution in [3.05, 3.63) is 46.0 Å². The van der Waals surface area contributed by atoms with Crippen molar-refractivity contribution in [1.82, 2.24) is 25.2 Å². The Labute approximate surface area is 168 Å². The van der Waals surface area contributed by atoms with Crippen LogP contribution < -0.4 is 15.2 Å². The zero-order valence-corrected chi connectivity index (χ0v) is 16.7. The monoisotopic (exact) mass is 395 g/mol. The van der Waals surface area contributed by atoms with Crippen molar-refractivity contribution < 1.29 is 9.64 Å². The van der Waals surface area contributed by atoms with Crippen LogP contribution in [-0.4, -0.2) is 45.4 Å². The van der Waals surface area contributed by atoms with Gasteiger partial charge in [0, 0.05) is 18.9 Å². The quantitative estimate of drug-likeness (QED) is 0.682.